The van der Waals surface area contributed by atoms with Gasteiger partial charge in [-0.3, -0.25) is 4.98 Å². The molecule has 0 saturated carbocycles. The summed E-state index contributed by atoms with van der Waals surface area (Å²) in [7, 11) is 1.79. The Morgan fingerprint density at radius 2 is 2.17 bits per heavy atom. The van der Waals surface area contributed by atoms with E-state index in [4.69, 9.17) is 0 Å². The van der Waals surface area contributed by atoms with Gasteiger partial charge in [0, 0.05) is 25.6 Å². The summed E-state index contributed by atoms with van der Waals surface area (Å²) in [5.74, 6) is 1.34. The Labute approximate surface area is 114 Å². The van der Waals surface area contributed by atoms with Crippen molar-refractivity contribution in [3.63, 3.8) is 0 Å². The van der Waals surface area contributed by atoms with E-state index in [0.29, 0.717) is 5.95 Å². The van der Waals surface area contributed by atoms with E-state index in [9.17, 15) is 0 Å². The summed E-state index contributed by atoms with van der Waals surface area (Å²) in [4.78, 5) is 12.6. The standard InChI is InChI=1S/C12H14BrN5/c1-8(9-4-3-5-15-6-9)17-11-10(13)7-16-12(14-2)18-11/h3-8H,1-2H3,(H2,14,16,17,18). The third-order valence-electron chi connectivity index (χ3n) is 2.51. The molecular formula is C12H14BrN5. The lowest BCUT2D eigenvalue weighted by atomic mass is 10.1. The number of rotatable bonds is 4. The lowest BCUT2D eigenvalue weighted by molar-refractivity contribution is 0.862. The maximum Gasteiger partial charge on any atom is 0.224 e. The van der Waals surface area contributed by atoms with Gasteiger partial charge in [0.05, 0.1) is 10.5 Å². The molecule has 94 valence electrons. The number of nitrogens with one attached hydrogen (secondary N) is 2. The van der Waals surface area contributed by atoms with Crippen LogP contribution in [0, 0.1) is 0 Å². The Hall–Kier alpha value is -1.69. The van der Waals surface area contributed by atoms with Gasteiger partial charge >= 0.3 is 0 Å². The third kappa shape index (κ3) is 2.95. The van der Waals surface area contributed by atoms with Crippen LogP contribution in [0.5, 0.6) is 0 Å². The van der Waals surface area contributed by atoms with Crippen LogP contribution in [-0.4, -0.2) is 22.0 Å². The fraction of sp³-hybridized carbons (Fsp3) is 0.250. The summed E-state index contributed by atoms with van der Waals surface area (Å²) in [6, 6.07) is 4.06. The van der Waals surface area contributed by atoms with Crippen LogP contribution in [0.3, 0.4) is 0 Å². The van der Waals surface area contributed by atoms with E-state index in [0.717, 1.165) is 15.9 Å². The maximum atomic E-state index is 4.36. The maximum absolute atomic E-state index is 4.36. The highest BCUT2D eigenvalue weighted by atomic mass is 79.9. The average molecular weight is 308 g/mol. The second kappa shape index (κ2) is 5.77. The van der Waals surface area contributed by atoms with E-state index < -0.39 is 0 Å². The summed E-state index contributed by atoms with van der Waals surface area (Å²) in [5.41, 5.74) is 1.11. The first kappa shape index (κ1) is 12.8. The first-order chi connectivity index (χ1) is 8.70. The number of nitrogens with zero attached hydrogens (tertiary/aromatic N) is 3. The molecule has 0 fully saturated rings. The SMILES string of the molecule is CNc1ncc(Br)c(NC(C)c2cccnc2)n1. The first-order valence-corrected chi connectivity index (χ1v) is 6.36. The second-order valence-corrected chi connectivity index (χ2v) is 4.65. The molecule has 0 spiro atoms. The fourth-order valence-electron chi connectivity index (χ4n) is 1.51. The molecule has 0 aliphatic rings. The predicted octanol–water partition coefficient (Wildman–Crippen LogP) is 2.85. The Morgan fingerprint density at radius 3 is 2.83 bits per heavy atom. The van der Waals surface area contributed by atoms with Gasteiger partial charge in [-0.05, 0) is 34.5 Å². The van der Waals surface area contributed by atoms with E-state index in [2.05, 4.69) is 48.4 Å². The molecule has 0 radical (unpaired) electrons. The molecule has 2 rings (SSSR count). The highest BCUT2D eigenvalue weighted by Gasteiger charge is 2.09. The number of halogens is 1. The molecule has 0 aliphatic heterocycles. The van der Waals surface area contributed by atoms with E-state index in [1.807, 2.05) is 18.3 Å². The first-order valence-electron chi connectivity index (χ1n) is 5.57. The number of aromatic nitrogens is 3. The van der Waals surface area contributed by atoms with Crippen LogP contribution in [-0.2, 0) is 0 Å². The van der Waals surface area contributed by atoms with Crippen molar-refractivity contribution in [2.75, 3.05) is 17.7 Å². The number of anilines is 2. The minimum atomic E-state index is 0.120. The highest BCUT2D eigenvalue weighted by Crippen LogP contribution is 2.24. The molecule has 0 saturated heterocycles. The van der Waals surface area contributed by atoms with Crippen molar-refractivity contribution in [2.45, 2.75) is 13.0 Å². The summed E-state index contributed by atoms with van der Waals surface area (Å²) >= 11 is 3.43. The fourth-order valence-corrected chi connectivity index (χ4v) is 1.81. The smallest absolute Gasteiger partial charge is 0.224 e. The van der Waals surface area contributed by atoms with Gasteiger partial charge in [0.1, 0.15) is 5.82 Å². The molecule has 0 amide bonds. The lowest BCUT2D eigenvalue weighted by Crippen LogP contribution is -2.10. The normalized spacial score (nSPS) is 11.9. The topological polar surface area (TPSA) is 62.7 Å². The Bertz CT molecular complexity index is 517. The minimum Gasteiger partial charge on any atom is -0.362 e. The van der Waals surface area contributed by atoms with Gasteiger partial charge in [-0.25, -0.2) is 4.98 Å². The molecule has 1 atom stereocenters. The molecule has 0 bridgehead atoms. The predicted molar refractivity (Wildman–Crippen MR) is 75.6 cm³/mol. The van der Waals surface area contributed by atoms with Crippen LogP contribution >= 0.6 is 15.9 Å². The van der Waals surface area contributed by atoms with Crippen molar-refractivity contribution >= 4 is 27.7 Å². The molecule has 0 aromatic carbocycles. The second-order valence-electron chi connectivity index (χ2n) is 3.79. The van der Waals surface area contributed by atoms with Gasteiger partial charge in [0.2, 0.25) is 5.95 Å². The van der Waals surface area contributed by atoms with Crippen LogP contribution in [0.4, 0.5) is 11.8 Å². The van der Waals surface area contributed by atoms with Gasteiger partial charge in [-0.2, -0.15) is 4.98 Å². The van der Waals surface area contributed by atoms with Crippen molar-refractivity contribution in [3.8, 4) is 0 Å². The number of hydrogen-bond donors (Lipinski definition) is 2. The van der Waals surface area contributed by atoms with Crippen molar-refractivity contribution in [1.29, 1.82) is 0 Å². The largest absolute Gasteiger partial charge is 0.362 e. The van der Waals surface area contributed by atoms with Crippen LogP contribution in [0.1, 0.15) is 18.5 Å². The van der Waals surface area contributed by atoms with E-state index in [1.54, 1.807) is 19.4 Å². The highest BCUT2D eigenvalue weighted by molar-refractivity contribution is 9.10. The quantitative estimate of drug-likeness (QED) is 0.909. The van der Waals surface area contributed by atoms with Crippen LogP contribution < -0.4 is 10.6 Å². The monoisotopic (exact) mass is 307 g/mol. The van der Waals surface area contributed by atoms with E-state index in [1.165, 1.54) is 0 Å². The van der Waals surface area contributed by atoms with Crippen LogP contribution in [0.15, 0.2) is 35.2 Å². The summed E-state index contributed by atoms with van der Waals surface area (Å²) in [6.07, 6.45) is 5.32. The summed E-state index contributed by atoms with van der Waals surface area (Å²) in [5, 5.41) is 6.24. The number of hydrogen-bond acceptors (Lipinski definition) is 5. The van der Waals surface area contributed by atoms with Crippen molar-refractivity contribution in [3.05, 3.63) is 40.8 Å². The zero-order chi connectivity index (χ0) is 13.0. The molecule has 18 heavy (non-hydrogen) atoms. The average Bonchev–Trinajstić information content (AvgIpc) is 2.42. The van der Waals surface area contributed by atoms with E-state index in [-0.39, 0.29) is 6.04 Å². The summed E-state index contributed by atoms with van der Waals surface area (Å²) < 4.78 is 0.831. The molecular weight excluding hydrogens is 294 g/mol. The summed E-state index contributed by atoms with van der Waals surface area (Å²) in [6.45, 7) is 2.06. The van der Waals surface area contributed by atoms with Gasteiger partial charge in [0.15, 0.2) is 0 Å². The molecule has 6 heteroatoms. The zero-order valence-electron chi connectivity index (χ0n) is 10.2. The van der Waals surface area contributed by atoms with Crippen molar-refractivity contribution < 1.29 is 0 Å². The van der Waals surface area contributed by atoms with E-state index >= 15 is 0 Å². The Kier molecular flexibility index (Phi) is 4.09. The minimum absolute atomic E-state index is 0.120. The zero-order valence-corrected chi connectivity index (χ0v) is 11.8. The third-order valence-corrected chi connectivity index (χ3v) is 3.09. The molecule has 1 unspecified atom stereocenters. The van der Waals surface area contributed by atoms with Gasteiger partial charge in [-0.15, -0.1) is 0 Å². The van der Waals surface area contributed by atoms with Gasteiger partial charge in [-0.1, -0.05) is 6.07 Å². The molecule has 0 aliphatic carbocycles. The lowest BCUT2D eigenvalue weighted by Gasteiger charge is -2.15. The Balaban J connectivity index is 2.18. The van der Waals surface area contributed by atoms with Crippen molar-refractivity contribution in [1.82, 2.24) is 15.0 Å². The van der Waals surface area contributed by atoms with Crippen LogP contribution in [0.2, 0.25) is 0 Å². The number of pyridine rings is 1. The van der Waals surface area contributed by atoms with Gasteiger partial charge in [0.25, 0.3) is 0 Å². The molecule has 2 N–H and O–H groups in total. The molecule has 2 heterocycles. The molecule has 2 aromatic heterocycles. The van der Waals surface area contributed by atoms with Gasteiger partial charge < -0.3 is 10.6 Å². The van der Waals surface area contributed by atoms with Crippen LogP contribution in [0.25, 0.3) is 0 Å². The molecule has 5 nitrogen and oxygen atoms in total. The Morgan fingerprint density at radius 1 is 1.33 bits per heavy atom. The van der Waals surface area contributed by atoms with Crippen molar-refractivity contribution in [2.24, 2.45) is 0 Å². The molecule has 2 aromatic rings.